The van der Waals surface area contributed by atoms with E-state index >= 15 is 0 Å². The standard InChI is InChI=1S/C9H12ClN3O3S/c10-8-7(5-12-13-9(8)14)11-4-6-2-1-3-17(6,15)16/h5-6H,1-4H2,(H2,11,13,14). The van der Waals surface area contributed by atoms with Gasteiger partial charge < -0.3 is 5.32 Å². The number of aromatic nitrogens is 2. The highest BCUT2D eigenvalue weighted by molar-refractivity contribution is 7.92. The van der Waals surface area contributed by atoms with Gasteiger partial charge in [0.1, 0.15) is 5.02 Å². The van der Waals surface area contributed by atoms with E-state index in [0.29, 0.717) is 18.5 Å². The number of rotatable bonds is 3. The highest BCUT2D eigenvalue weighted by Crippen LogP contribution is 2.21. The SMILES string of the molecule is O=c1[nH]ncc(NCC2CCCS2(=O)=O)c1Cl. The van der Waals surface area contributed by atoms with Gasteiger partial charge in [0.25, 0.3) is 5.56 Å². The van der Waals surface area contributed by atoms with E-state index in [9.17, 15) is 13.2 Å². The van der Waals surface area contributed by atoms with E-state index in [0.717, 1.165) is 0 Å². The Labute approximate surface area is 103 Å². The number of nitrogens with zero attached hydrogens (tertiary/aromatic N) is 1. The van der Waals surface area contributed by atoms with Gasteiger partial charge in [0, 0.05) is 6.54 Å². The first kappa shape index (κ1) is 12.4. The molecule has 0 radical (unpaired) electrons. The molecule has 2 N–H and O–H groups in total. The van der Waals surface area contributed by atoms with Crippen molar-refractivity contribution in [3.05, 3.63) is 21.6 Å². The van der Waals surface area contributed by atoms with Crippen LogP contribution in [0.2, 0.25) is 5.02 Å². The molecule has 0 aromatic carbocycles. The van der Waals surface area contributed by atoms with Crippen LogP contribution in [-0.4, -0.2) is 36.2 Å². The summed E-state index contributed by atoms with van der Waals surface area (Å²) in [6, 6.07) is 0. The third kappa shape index (κ3) is 2.61. The molecule has 2 rings (SSSR count). The maximum Gasteiger partial charge on any atom is 0.285 e. The molecular weight excluding hydrogens is 266 g/mol. The topological polar surface area (TPSA) is 91.9 Å². The monoisotopic (exact) mass is 277 g/mol. The van der Waals surface area contributed by atoms with Crippen molar-refractivity contribution in [1.29, 1.82) is 0 Å². The molecule has 0 spiro atoms. The molecule has 1 aliphatic rings. The first-order valence-electron chi connectivity index (χ1n) is 5.19. The van der Waals surface area contributed by atoms with Gasteiger partial charge in [-0.1, -0.05) is 11.6 Å². The van der Waals surface area contributed by atoms with Crippen LogP contribution in [0.3, 0.4) is 0 Å². The fraction of sp³-hybridized carbons (Fsp3) is 0.556. The van der Waals surface area contributed by atoms with Gasteiger partial charge in [0.2, 0.25) is 0 Å². The van der Waals surface area contributed by atoms with Gasteiger partial charge >= 0.3 is 0 Å². The molecule has 6 nitrogen and oxygen atoms in total. The zero-order chi connectivity index (χ0) is 12.5. The third-order valence-corrected chi connectivity index (χ3v) is 5.43. The molecule has 0 bridgehead atoms. The predicted molar refractivity (Wildman–Crippen MR) is 65.2 cm³/mol. The summed E-state index contributed by atoms with van der Waals surface area (Å²) in [5.41, 5.74) is -0.136. The summed E-state index contributed by atoms with van der Waals surface area (Å²) >= 11 is 5.75. The quantitative estimate of drug-likeness (QED) is 0.835. The number of halogens is 1. The minimum Gasteiger partial charge on any atom is -0.381 e. The molecule has 1 unspecified atom stereocenters. The van der Waals surface area contributed by atoms with Gasteiger partial charge in [-0.15, -0.1) is 0 Å². The van der Waals surface area contributed by atoms with Crippen LogP contribution in [0.4, 0.5) is 5.69 Å². The van der Waals surface area contributed by atoms with E-state index in [1.54, 1.807) is 0 Å². The number of sulfone groups is 1. The van der Waals surface area contributed by atoms with E-state index in [4.69, 9.17) is 11.6 Å². The highest BCUT2D eigenvalue weighted by Gasteiger charge is 2.30. The molecule has 1 saturated heterocycles. The van der Waals surface area contributed by atoms with Crippen LogP contribution in [0.1, 0.15) is 12.8 Å². The van der Waals surface area contributed by atoms with E-state index < -0.39 is 20.6 Å². The Morgan fingerprint density at radius 1 is 1.59 bits per heavy atom. The first-order valence-corrected chi connectivity index (χ1v) is 7.28. The molecule has 0 amide bonds. The normalized spacial score (nSPS) is 22.5. The van der Waals surface area contributed by atoms with Crippen molar-refractivity contribution in [2.75, 3.05) is 17.6 Å². The second-order valence-electron chi connectivity index (χ2n) is 3.94. The Morgan fingerprint density at radius 3 is 3.00 bits per heavy atom. The van der Waals surface area contributed by atoms with Crippen LogP contribution in [0.15, 0.2) is 11.0 Å². The molecule has 17 heavy (non-hydrogen) atoms. The Kier molecular flexibility index (Phi) is 3.39. The third-order valence-electron chi connectivity index (χ3n) is 2.78. The van der Waals surface area contributed by atoms with Crippen molar-refractivity contribution in [2.24, 2.45) is 0 Å². The summed E-state index contributed by atoms with van der Waals surface area (Å²) < 4.78 is 23.2. The molecule has 8 heteroatoms. The molecule has 0 saturated carbocycles. The van der Waals surface area contributed by atoms with Gasteiger partial charge in [-0.25, -0.2) is 13.5 Å². The summed E-state index contributed by atoms with van der Waals surface area (Å²) in [5, 5.41) is 8.23. The van der Waals surface area contributed by atoms with Crippen LogP contribution < -0.4 is 10.9 Å². The smallest absolute Gasteiger partial charge is 0.285 e. The van der Waals surface area contributed by atoms with Crippen molar-refractivity contribution < 1.29 is 8.42 Å². The van der Waals surface area contributed by atoms with Crippen LogP contribution in [0.25, 0.3) is 0 Å². The average molecular weight is 278 g/mol. The first-order chi connectivity index (χ1) is 8.00. The van der Waals surface area contributed by atoms with Crippen molar-refractivity contribution in [2.45, 2.75) is 18.1 Å². The Bertz CT molecular complexity index is 569. The summed E-state index contributed by atoms with van der Waals surface area (Å²) in [4.78, 5) is 11.2. The number of aromatic amines is 1. The van der Waals surface area contributed by atoms with E-state index in [1.165, 1.54) is 6.20 Å². The van der Waals surface area contributed by atoms with Crippen LogP contribution in [0, 0.1) is 0 Å². The fourth-order valence-corrected chi connectivity index (χ4v) is 3.74. The van der Waals surface area contributed by atoms with Gasteiger partial charge in [0.05, 0.1) is 22.9 Å². The Hall–Kier alpha value is -1.08. The molecule has 2 heterocycles. The molecule has 0 aliphatic carbocycles. The van der Waals surface area contributed by atoms with Gasteiger partial charge in [-0.2, -0.15) is 5.10 Å². The van der Waals surface area contributed by atoms with Gasteiger partial charge in [0.15, 0.2) is 9.84 Å². The average Bonchev–Trinajstić information content (AvgIpc) is 2.60. The molecule has 1 aromatic heterocycles. The van der Waals surface area contributed by atoms with Gasteiger partial charge in [-0.05, 0) is 12.8 Å². The van der Waals surface area contributed by atoms with E-state index in [1.807, 2.05) is 0 Å². The minimum absolute atomic E-state index is 0.00426. The van der Waals surface area contributed by atoms with E-state index in [2.05, 4.69) is 15.5 Å². The highest BCUT2D eigenvalue weighted by atomic mass is 35.5. The summed E-state index contributed by atoms with van der Waals surface area (Å²) in [6.07, 6.45) is 2.70. The van der Waals surface area contributed by atoms with E-state index in [-0.39, 0.29) is 17.3 Å². The largest absolute Gasteiger partial charge is 0.381 e. The Morgan fingerprint density at radius 2 is 2.35 bits per heavy atom. The zero-order valence-electron chi connectivity index (χ0n) is 8.94. The minimum atomic E-state index is -2.99. The Balaban J connectivity index is 2.08. The number of hydrogen-bond acceptors (Lipinski definition) is 5. The maximum atomic E-state index is 11.6. The molecule has 1 fully saturated rings. The lowest BCUT2D eigenvalue weighted by molar-refractivity contribution is 0.591. The number of hydrogen-bond donors (Lipinski definition) is 2. The second-order valence-corrected chi connectivity index (χ2v) is 6.72. The molecule has 1 aliphatic heterocycles. The number of nitrogens with one attached hydrogen (secondary N) is 2. The lowest BCUT2D eigenvalue weighted by atomic mass is 10.2. The zero-order valence-corrected chi connectivity index (χ0v) is 10.5. The maximum absolute atomic E-state index is 11.6. The lowest BCUT2D eigenvalue weighted by Gasteiger charge is -2.11. The summed E-state index contributed by atoms with van der Waals surface area (Å²) in [6.45, 7) is 0.257. The van der Waals surface area contributed by atoms with Crippen LogP contribution >= 0.6 is 11.6 Å². The van der Waals surface area contributed by atoms with Crippen molar-refractivity contribution in [3.63, 3.8) is 0 Å². The second kappa shape index (κ2) is 4.66. The number of anilines is 1. The summed E-state index contributed by atoms with van der Waals surface area (Å²) in [5.74, 6) is 0.237. The fourth-order valence-electron chi connectivity index (χ4n) is 1.82. The lowest BCUT2D eigenvalue weighted by Crippen LogP contribution is -2.26. The number of H-pyrrole nitrogens is 1. The van der Waals surface area contributed by atoms with Crippen molar-refractivity contribution in [1.82, 2.24) is 10.2 Å². The molecule has 94 valence electrons. The molecule has 1 atom stereocenters. The van der Waals surface area contributed by atoms with Crippen molar-refractivity contribution >= 4 is 27.1 Å². The molecular formula is C9H12ClN3O3S. The van der Waals surface area contributed by atoms with Crippen LogP contribution in [0.5, 0.6) is 0 Å². The van der Waals surface area contributed by atoms with Gasteiger partial charge in [-0.3, -0.25) is 4.79 Å². The molecule has 1 aromatic rings. The van der Waals surface area contributed by atoms with Crippen molar-refractivity contribution in [3.8, 4) is 0 Å². The summed E-state index contributed by atoms with van der Waals surface area (Å²) in [7, 11) is -2.99. The van der Waals surface area contributed by atoms with Crippen LogP contribution in [-0.2, 0) is 9.84 Å². The predicted octanol–water partition coefficient (Wildman–Crippen LogP) is 0.412.